The topological polar surface area (TPSA) is 95.6 Å². The van der Waals surface area contributed by atoms with Crippen molar-refractivity contribution in [1.82, 2.24) is 4.90 Å². The second kappa shape index (κ2) is 5.55. The van der Waals surface area contributed by atoms with Crippen LogP contribution in [0.1, 0.15) is 26.3 Å². The number of imide groups is 1. The van der Waals surface area contributed by atoms with Crippen molar-refractivity contribution in [2.75, 3.05) is 17.2 Å². The molecule has 7 heteroatoms. The smallest absolute Gasteiger partial charge is 0.262 e. The molecule has 4 rings (SSSR count). The number of rotatable bonds is 3. The summed E-state index contributed by atoms with van der Waals surface area (Å²) in [6.45, 7) is -0.361. The lowest BCUT2D eigenvalue weighted by molar-refractivity contribution is -0.116. The van der Waals surface area contributed by atoms with Gasteiger partial charge in [-0.05, 0) is 35.9 Å². The Morgan fingerprint density at radius 1 is 1.04 bits per heavy atom. The molecule has 0 aromatic heterocycles. The first-order valence-electron chi connectivity index (χ1n) is 7.71. The lowest BCUT2D eigenvalue weighted by Crippen LogP contribution is -2.37. The van der Waals surface area contributed by atoms with E-state index in [1.165, 1.54) is 0 Å². The molecule has 25 heavy (non-hydrogen) atoms. The highest BCUT2D eigenvalue weighted by Gasteiger charge is 2.36. The Kier molecular flexibility index (Phi) is 3.35. The van der Waals surface area contributed by atoms with Crippen LogP contribution in [0.2, 0.25) is 0 Å². The fourth-order valence-corrected chi connectivity index (χ4v) is 3.03. The van der Waals surface area contributed by atoms with Crippen molar-refractivity contribution >= 4 is 35.0 Å². The molecule has 4 amide bonds. The van der Waals surface area contributed by atoms with Crippen LogP contribution in [0.5, 0.6) is 0 Å². The predicted molar refractivity (Wildman–Crippen MR) is 89.2 cm³/mol. The van der Waals surface area contributed by atoms with Gasteiger partial charge in [-0.2, -0.15) is 0 Å². The van der Waals surface area contributed by atoms with Crippen molar-refractivity contribution < 1.29 is 19.2 Å². The maximum Gasteiger partial charge on any atom is 0.262 e. The van der Waals surface area contributed by atoms with E-state index < -0.39 is 17.7 Å². The molecular formula is C18H13N3O4. The van der Waals surface area contributed by atoms with E-state index in [0.717, 1.165) is 16.2 Å². The Morgan fingerprint density at radius 2 is 1.72 bits per heavy atom. The minimum atomic E-state index is -0.480. The molecule has 0 saturated heterocycles. The van der Waals surface area contributed by atoms with Crippen LogP contribution < -0.4 is 10.6 Å². The summed E-state index contributed by atoms with van der Waals surface area (Å²) in [5.74, 6) is -1.52. The largest absolute Gasteiger partial charge is 0.326 e. The van der Waals surface area contributed by atoms with Crippen molar-refractivity contribution in [3.05, 3.63) is 59.2 Å². The first kappa shape index (κ1) is 15.1. The second-order valence-electron chi connectivity index (χ2n) is 5.89. The summed E-state index contributed by atoms with van der Waals surface area (Å²) in [4.78, 5) is 49.1. The molecule has 7 nitrogen and oxygen atoms in total. The van der Waals surface area contributed by atoms with Gasteiger partial charge in [0.25, 0.3) is 11.8 Å². The number of hydrogen-bond acceptors (Lipinski definition) is 4. The molecule has 0 aliphatic carbocycles. The van der Waals surface area contributed by atoms with Crippen LogP contribution in [0, 0.1) is 0 Å². The van der Waals surface area contributed by atoms with Crippen LogP contribution >= 0.6 is 0 Å². The highest BCUT2D eigenvalue weighted by atomic mass is 16.2. The molecule has 2 aromatic carbocycles. The fraction of sp³-hybridized carbons (Fsp3) is 0.111. The monoisotopic (exact) mass is 335 g/mol. The van der Waals surface area contributed by atoms with Gasteiger partial charge in [-0.3, -0.25) is 24.1 Å². The number of hydrogen-bond donors (Lipinski definition) is 2. The summed E-state index contributed by atoms with van der Waals surface area (Å²) in [6.07, 6.45) is 0.261. The van der Waals surface area contributed by atoms with Gasteiger partial charge >= 0.3 is 0 Å². The average molecular weight is 335 g/mol. The van der Waals surface area contributed by atoms with E-state index >= 15 is 0 Å². The Bertz CT molecular complexity index is 916. The number of nitrogens with zero attached hydrogens (tertiary/aromatic N) is 1. The van der Waals surface area contributed by atoms with Gasteiger partial charge in [0.1, 0.15) is 6.54 Å². The van der Waals surface area contributed by atoms with Gasteiger partial charge in [0.15, 0.2) is 0 Å². The Labute approximate surface area is 142 Å². The third kappa shape index (κ3) is 2.55. The molecule has 0 bridgehead atoms. The van der Waals surface area contributed by atoms with Crippen molar-refractivity contribution in [3.8, 4) is 0 Å². The quantitative estimate of drug-likeness (QED) is 0.829. The Morgan fingerprint density at radius 3 is 2.40 bits per heavy atom. The summed E-state index contributed by atoms with van der Waals surface area (Å²) >= 11 is 0. The van der Waals surface area contributed by atoms with E-state index in [4.69, 9.17) is 0 Å². The molecule has 0 spiro atoms. The van der Waals surface area contributed by atoms with E-state index in [9.17, 15) is 19.2 Å². The molecular weight excluding hydrogens is 322 g/mol. The van der Waals surface area contributed by atoms with E-state index in [1.807, 2.05) is 0 Å². The SMILES string of the molecule is O=C(CN1C(=O)c2ccccc2C1=O)Nc1ccc2c(c1)CC(=O)N2. The standard InChI is InChI=1S/C18H13N3O4/c22-15-8-10-7-11(5-6-14(10)20-15)19-16(23)9-21-17(24)12-3-1-2-4-13(12)18(21)25/h1-7H,8-9H2,(H,19,23)(H,20,22). The molecule has 0 saturated carbocycles. The van der Waals surface area contributed by atoms with Crippen LogP contribution in [0.4, 0.5) is 11.4 Å². The first-order chi connectivity index (χ1) is 12.0. The summed E-state index contributed by atoms with van der Waals surface area (Å²) < 4.78 is 0. The fourth-order valence-electron chi connectivity index (χ4n) is 3.03. The number of anilines is 2. The second-order valence-corrected chi connectivity index (χ2v) is 5.89. The Balaban J connectivity index is 1.47. The normalized spacial score (nSPS) is 15.0. The molecule has 0 atom stereocenters. The lowest BCUT2D eigenvalue weighted by atomic mass is 10.1. The van der Waals surface area contributed by atoms with E-state index in [2.05, 4.69) is 10.6 Å². The zero-order valence-corrected chi connectivity index (χ0v) is 13.0. The average Bonchev–Trinajstić information content (AvgIpc) is 3.07. The molecule has 2 N–H and O–H groups in total. The molecule has 2 heterocycles. The predicted octanol–water partition coefficient (Wildman–Crippen LogP) is 1.42. The van der Waals surface area contributed by atoms with Crippen LogP contribution in [0.3, 0.4) is 0 Å². The van der Waals surface area contributed by atoms with Gasteiger partial charge in [0.05, 0.1) is 17.5 Å². The summed E-state index contributed by atoms with van der Waals surface area (Å²) in [7, 11) is 0. The molecule has 2 aromatic rings. The van der Waals surface area contributed by atoms with Gasteiger partial charge in [-0.15, -0.1) is 0 Å². The van der Waals surface area contributed by atoms with Crippen molar-refractivity contribution in [2.45, 2.75) is 6.42 Å². The van der Waals surface area contributed by atoms with Crippen LogP contribution in [-0.4, -0.2) is 35.1 Å². The minimum absolute atomic E-state index is 0.0931. The highest BCUT2D eigenvalue weighted by molar-refractivity contribution is 6.22. The number of carbonyl (C=O) groups excluding carboxylic acids is 4. The molecule has 0 fully saturated rings. The summed E-state index contributed by atoms with van der Waals surface area (Å²) in [5, 5.41) is 5.37. The van der Waals surface area contributed by atoms with Crippen LogP contribution in [-0.2, 0) is 16.0 Å². The number of amides is 4. The maximum absolute atomic E-state index is 12.3. The number of nitrogens with one attached hydrogen (secondary N) is 2. The van der Waals surface area contributed by atoms with Gasteiger partial charge in [-0.1, -0.05) is 12.1 Å². The lowest BCUT2D eigenvalue weighted by Gasteiger charge is -2.14. The molecule has 0 unspecified atom stereocenters. The van der Waals surface area contributed by atoms with Gasteiger partial charge < -0.3 is 10.6 Å². The van der Waals surface area contributed by atoms with Crippen molar-refractivity contribution in [3.63, 3.8) is 0 Å². The number of fused-ring (bicyclic) bond motifs is 2. The Hall–Kier alpha value is -3.48. The zero-order chi connectivity index (χ0) is 17.6. The van der Waals surface area contributed by atoms with Crippen molar-refractivity contribution in [1.29, 1.82) is 0 Å². The van der Waals surface area contributed by atoms with Crippen molar-refractivity contribution in [2.24, 2.45) is 0 Å². The van der Waals surface area contributed by atoms with E-state index in [-0.39, 0.29) is 18.9 Å². The minimum Gasteiger partial charge on any atom is -0.326 e. The van der Waals surface area contributed by atoms with E-state index in [0.29, 0.717) is 16.8 Å². The summed E-state index contributed by atoms with van der Waals surface area (Å²) in [5.41, 5.74) is 2.65. The van der Waals surface area contributed by atoms with Crippen LogP contribution in [0.25, 0.3) is 0 Å². The number of carbonyl (C=O) groups is 4. The molecule has 2 aliphatic heterocycles. The third-order valence-electron chi connectivity index (χ3n) is 4.19. The third-order valence-corrected chi connectivity index (χ3v) is 4.19. The van der Waals surface area contributed by atoms with E-state index in [1.54, 1.807) is 42.5 Å². The number of benzene rings is 2. The highest BCUT2D eigenvalue weighted by Crippen LogP contribution is 2.26. The maximum atomic E-state index is 12.3. The first-order valence-corrected chi connectivity index (χ1v) is 7.71. The molecule has 124 valence electrons. The summed E-state index contributed by atoms with van der Waals surface area (Å²) in [6, 6.07) is 11.5. The molecule has 0 radical (unpaired) electrons. The van der Waals surface area contributed by atoms with Crippen LogP contribution in [0.15, 0.2) is 42.5 Å². The molecule has 2 aliphatic rings. The van der Waals surface area contributed by atoms with Gasteiger partial charge in [0, 0.05) is 11.4 Å². The van der Waals surface area contributed by atoms with Gasteiger partial charge in [0.2, 0.25) is 11.8 Å². The zero-order valence-electron chi connectivity index (χ0n) is 13.0. The van der Waals surface area contributed by atoms with Gasteiger partial charge in [-0.25, -0.2) is 0 Å².